The SMILES string of the molecule is C=CCOC[C@@]12CCCO[C@H]1CCN(C(=O)c1cccnc1)C2. The molecule has 124 valence electrons. The molecule has 2 atom stereocenters. The first-order valence-electron chi connectivity index (χ1n) is 8.25. The third kappa shape index (κ3) is 3.46. The molecule has 0 N–H and O–H groups in total. The number of nitrogens with zero attached hydrogens (tertiary/aromatic N) is 2. The Labute approximate surface area is 137 Å². The number of fused-ring (bicyclic) bond motifs is 1. The molecule has 2 saturated heterocycles. The van der Waals surface area contributed by atoms with Crippen molar-refractivity contribution < 1.29 is 14.3 Å². The smallest absolute Gasteiger partial charge is 0.255 e. The average Bonchev–Trinajstić information content (AvgIpc) is 2.61. The van der Waals surface area contributed by atoms with Crippen molar-refractivity contribution in [1.82, 2.24) is 9.88 Å². The van der Waals surface area contributed by atoms with Crippen molar-refractivity contribution >= 4 is 5.91 Å². The molecule has 5 nitrogen and oxygen atoms in total. The molecule has 5 heteroatoms. The number of carbonyl (C=O) groups is 1. The van der Waals surface area contributed by atoms with E-state index in [-0.39, 0.29) is 17.4 Å². The molecule has 0 aliphatic carbocycles. The van der Waals surface area contributed by atoms with E-state index in [0.717, 1.165) is 32.4 Å². The van der Waals surface area contributed by atoms with Crippen molar-refractivity contribution in [2.75, 3.05) is 32.9 Å². The van der Waals surface area contributed by atoms with Crippen LogP contribution in [0, 0.1) is 5.41 Å². The average molecular weight is 316 g/mol. The molecule has 0 unspecified atom stereocenters. The maximum absolute atomic E-state index is 12.7. The summed E-state index contributed by atoms with van der Waals surface area (Å²) in [5.74, 6) is 0.0465. The first kappa shape index (κ1) is 16.1. The highest BCUT2D eigenvalue weighted by Gasteiger charge is 2.47. The molecule has 1 amide bonds. The van der Waals surface area contributed by atoms with E-state index >= 15 is 0 Å². The van der Waals surface area contributed by atoms with Gasteiger partial charge < -0.3 is 14.4 Å². The number of pyridine rings is 1. The van der Waals surface area contributed by atoms with Gasteiger partial charge in [0.05, 0.1) is 24.9 Å². The number of likely N-dealkylation sites (tertiary alicyclic amines) is 1. The van der Waals surface area contributed by atoms with Gasteiger partial charge in [-0.2, -0.15) is 0 Å². The van der Waals surface area contributed by atoms with Gasteiger partial charge in [-0.25, -0.2) is 0 Å². The monoisotopic (exact) mass is 316 g/mol. The molecule has 0 bridgehead atoms. The zero-order valence-corrected chi connectivity index (χ0v) is 13.4. The van der Waals surface area contributed by atoms with Crippen molar-refractivity contribution in [2.24, 2.45) is 5.41 Å². The van der Waals surface area contributed by atoms with Crippen molar-refractivity contribution in [3.8, 4) is 0 Å². The number of ether oxygens (including phenoxy) is 2. The molecule has 23 heavy (non-hydrogen) atoms. The highest BCUT2D eigenvalue weighted by molar-refractivity contribution is 5.94. The lowest BCUT2D eigenvalue weighted by atomic mass is 9.73. The molecule has 3 rings (SSSR count). The van der Waals surface area contributed by atoms with Gasteiger partial charge in [0.1, 0.15) is 0 Å². The van der Waals surface area contributed by atoms with Crippen LogP contribution in [0.5, 0.6) is 0 Å². The number of hydrogen-bond donors (Lipinski definition) is 0. The highest BCUT2D eigenvalue weighted by Crippen LogP contribution is 2.40. The summed E-state index contributed by atoms with van der Waals surface area (Å²) in [5, 5.41) is 0. The number of rotatable bonds is 5. The summed E-state index contributed by atoms with van der Waals surface area (Å²) in [5.41, 5.74) is 0.544. The summed E-state index contributed by atoms with van der Waals surface area (Å²) in [4.78, 5) is 18.7. The Morgan fingerprint density at radius 2 is 2.52 bits per heavy atom. The number of amides is 1. The minimum absolute atomic E-state index is 0.0465. The largest absolute Gasteiger partial charge is 0.377 e. The van der Waals surface area contributed by atoms with Crippen LogP contribution in [0.1, 0.15) is 29.6 Å². The molecule has 1 aromatic rings. The quantitative estimate of drug-likeness (QED) is 0.618. The van der Waals surface area contributed by atoms with Crippen LogP contribution < -0.4 is 0 Å². The van der Waals surface area contributed by atoms with E-state index in [1.54, 1.807) is 24.5 Å². The Morgan fingerprint density at radius 1 is 1.61 bits per heavy atom. The number of carbonyl (C=O) groups excluding carboxylic acids is 1. The number of piperidine rings is 1. The fraction of sp³-hybridized carbons (Fsp3) is 0.556. The summed E-state index contributed by atoms with van der Waals surface area (Å²) in [6.45, 7) is 7.06. The topological polar surface area (TPSA) is 51.7 Å². The highest BCUT2D eigenvalue weighted by atomic mass is 16.5. The van der Waals surface area contributed by atoms with Gasteiger partial charge in [0.2, 0.25) is 0 Å². The minimum atomic E-state index is -0.0998. The summed E-state index contributed by atoms with van der Waals surface area (Å²) < 4.78 is 11.8. The lowest BCUT2D eigenvalue weighted by molar-refractivity contribution is -0.144. The van der Waals surface area contributed by atoms with E-state index in [1.807, 2.05) is 11.0 Å². The van der Waals surface area contributed by atoms with Crippen LogP contribution in [0.25, 0.3) is 0 Å². The summed E-state index contributed by atoms with van der Waals surface area (Å²) in [7, 11) is 0. The first-order chi connectivity index (χ1) is 11.2. The van der Waals surface area contributed by atoms with E-state index in [0.29, 0.717) is 25.3 Å². The van der Waals surface area contributed by atoms with E-state index in [9.17, 15) is 4.79 Å². The Balaban J connectivity index is 1.75. The van der Waals surface area contributed by atoms with Crippen molar-refractivity contribution in [2.45, 2.75) is 25.4 Å². The van der Waals surface area contributed by atoms with E-state index in [4.69, 9.17) is 9.47 Å². The Hall–Kier alpha value is -1.72. The van der Waals surface area contributed by atoms with Gasteiger partial charge in [0, 0.05) is 37.5 Å². The normalized spacial score (nSPS) is 27.3. The van der Waals surface area contributed by atoms with E-state index < -0.39 is 0 Å². The van der Waals surface area contributed by atoms with E-state index in [1.165, 1.54) is 0 Å². The predicted molar refractivity (Wildman–Crippen MR) is 87.2 cm³/mol. The summed E-state index contributed by atoms with van der Waals surface area (Å²) in [6, 6.07) is 3.62. The van der Waals surface area contributed by atoms with Crippen molar-refractivity contribution in [3.05, 3.63) is 42.7 Å². The number of aromatic nitrogens is 1. The van der Waals surface area contributed by atoms with Crippen LogP contribution in [0.3, 0.4) is 0 Å². The second-order valence-corrected chi connectivity index (χ2v) is 6.39. The molecule has 0 radical (unpaired) electrons. The lowest BCUT2D eigenvalue weighted by Gasteiger charge is -2.50. The van der Waals surface area contributed by atoms with Gasteiger partial charge in [-0.05, 0) is 31.4 Å². The van der Waals surface area contributed by atoms with Crippen LogP contribution in [-0.4, -0.2) is 54.8 Å². The molecular formula is C18H24N2O3. The maximum atomic E-state index is 12.7. The molecule has 1 aromatic heterocycles. The molecule has 2 aliphatic heterocycles. The summed E-state index contributed by atoms with van der Waals surface area (Å²) >= 11 is 0. The van der Waals surface area contributed by atoms with Crippen LogP contribution in [0.4, 0.5) is 0 Å². The Morgan fingerprint density at radius 3 is 3.30 bits per heavy atom. The van der Waals surface area contributed by atoms with Crippen molar-refractivity contribution in [3.63, 3.8) is 0 Å². The molecule has 0 spiro atoms. The molecule has 0 aromatic carbocycles. The third-order valence-electron chi connectivity index (χ3n) is 4.81. The zero-order valence-electron chi connectivity index (χ0n) is 13.4. The Kier molecular flexibility index (Phi) is 5.08. The van der Waals surface area contributed by atoms with Crippen LogP contribution in [0.2, 0.25) is 0 Å². The fourth-order valence-corrected chi connectivity index (χ4v) is 3.69. The zero-order chi connectivity index (χ0) is 16.1. The third-order valence-corrected chi connectivity index (χ3v) is 4.81. The molecule has 3 heterocycles. The lowest BCUT2D eigenvalue weighted by Crippen LogP contribution is -2.58. The van der Waals surface area contributed by atoms with Gasteiger partial charge in [0.25, 0.3) is 5.91 Å². The standard InChI is InChI=1S/C18H24N2O3/c1-2-10-22-14-18-7-4-11-23-16(18)6-9-20(13-18)17(21)15-5-3-8-19-12-15/h2-3,5,8,12,16H,1,4,6-7,9-11,13-14H2/t16-,18-/m0/s1. The van der Waals surface area contributed by atoms with Gasteiger partial charge >= 0.3 is 0 Å². The second-order valence-electron chi connectivity index (χ2n) is 6.39. The second kappa shape index (κ2) is 7.23. The van der Waals surface area contributed by atoms with Gasteiger partial charge in [-0.15, -0.1) is 6.58 Å². The number of hydrogen-bond acceptors (Lipinski definition) is 4. The maximum Gasteiger partial charge on any atom is 0.255 e. The predicted octanol–water partition coefficient (Wildman–Crippen LogP) is 2.30. The Bertz CT molecular complexity index is 548. The minimum Gasteiger partial charge on any atom is -0.377 e. The van der Waals surface area contributed by atoms with Gasteiger partial charge in [-0.1, -0.05) is 6.08 Å². The van der Waals surface area contributed by atoms with Crippen molar-refractivity contribution in [1.29, 1.82) is 0 Å². The van der Waals surface area contributed by atoms with Crippen LogP contribution >= 0.6 is 0 Å². The summed E-state index contributed by atoms with van der Waals surface area (Å²) in [6.07, 6.45) is 8.17. The van der Waals surface area contributed by atoms with Crippen LogP contribution in [-0.2, 0) is 9.47 Å². The fourth-order valence-electron chi connectivity index (χ4n) is 3.69. The van der Waals surface area contributed by atoms with Gasteiger partial charge in [0.15, 0.2) is 0 Å². The van der Waals surface area contributed by atoms with Gasteiger partial charge in [-0.3, -0.25) is 9.78 Å². The first-order valence-corrected chi connectivity index (χ1v) is 8.25. The molecule has 2 fully saturated rings. The van der Waals surface area contributed by atoms with E-state index in [2.05, 4.69) is 11.6 Å². The van der Waals surface area contributed by atoms with Crippen LogP contribution in [0.15, 0.2) is 37.2 Å². The molecule has 2 aliphatic rings. The molecule has 0 saturated carbocycles. The molecular weight excluding hydrogens is 292 g/mol.